The number of hydrazone groups is 1. The largest absolute Gasteiger partial charge is 0.277 e. The minimum absolute atomic E-state index is 0.195. The van der Waals surface area contributed by atoms with E-state index in [2.05, 4.69) is 15.5 Å². The van der Waals surface area contributed by atoms with Crippen molar-refractivity contribution in [3.05, 3.63) is 59.4 Å². The fourth-order valence-electron chi connectivity index (χ4n) is 1.74. The molecule has 0 aliphatic heterocycles. The Labute approximate surface area is 124 Å². The maximum Gasteiger partial charge on any atom is 0.196 e. The standard InChI is InChI=1S/C15H9FN4S/c16-10-5-7-11(8-6-10)19-20-13(9-17)15-18-12-3-1-2-4-14(12)21-15/h1-8,19H/b20-13-. The summed E-state index contributed by atoms with van der Waals surface area (Å²) < 4.78 is 13.8. The van der Waals surface area contributed by atoms with Crippen molar-refractivity contribution in [2.45, 2.75) is 0 Å². The lowest BCUT2D eigenvalue weighted by molar-refractivity contribution is 0.628. The van der Waals surface area contributed by atoms with E-state index in [1.807, 2.05) is 30.3 Å². The van der Waals surface area contributed by atoms with Crippen LogP contribution in [0.1, 0.15) is 5.01 Å². The molecular formula is C15H9FN4S. The van der Waals surface area contributed by atoms with Crippen LogP contribution in [0.2, 0.25) is 0 Å². The SMILES string of the molecule is N#C/C(=N/Nc1ccc(F)cc1)c1nc2ccccc2s1. The van der Waals surface area contributed by atoms with Crippen LogP contribution in [0.25, 0.3) is 10.2 Å². The van der Waals surface area contributed by atoms with E-state index in [4.69, 9.17) is 0 Å². The van der Waals surface area contributed by atoms with Gasteiger partial charge in [-0.15, -0.1) is 11.3 Å². The lowest BCUT2D eigenvalue weighted by Gasteiger charge is -1.99. The Balaban J connectivity index is 1.89. The minimum Gasteiger partial charge on any atom is -0.277 e. The van der Waals surface area contributed by atoms with Gasteiger partial charge in [0.15, 0.2) is 10.7 Å². The smallest absolute Gasteiger partial charge is 0.196 e. The third kappa shape index (κ3) is 2.88. The highest BCUT2D eigenvalue weighted by Gasteiger charge is 2.09. The van der Waals surface area contributed by atoms with Crippen LogP contribution < -0.4 is 5.43 Å². The number of hydrogen-bond acceptors (Lipinski definition) is 5. The molecule has 1 aromatic heterocycles. The van der Waals surface area contributed by atoms with Crippen molar-refractivity contribution >= 4 is 33.0 Å². The van der Waals surface area contributed by atoms with Gasteiger partial charge in [0.05, 0.1) is 15.9 Å². The number of aromatic nitrogens is 1. The molecule has 0 bridgehead atoms. The second-order valence-electron chi connectivity index (χ2n) is 4.18. The molecule has 0 aliphatic carbocycles. The second-order valence-corrected chi connectivity index (χ2v) is 5.21. The van der Waals surface area contributed by atoms with E-state index < -0.39 is 0 Å². The molecule has 3 rings (SSSR count). The van der Waals surface area contributed by atoms with Crippen LogP contribution >= 0.6 is 11.3 Å². The molecule has 4 nitrogen and oxygen atoms in total. The average Bonchev–Trinajstić information content (AvgIpc) is 2.93. The monoisotopic (exact) mass is 296 g/mol. The van der Waals surface area contributed by atoms with Gasteiger partial charge in [0.1, 0.15) is 11.9 Å². The van der Waals surface area contributed by atoms with Gasteiger partial charge in [-0.3, -0.25) is 5.43 Å². The summed E-state index contributed by atoms with van der Waals surface area (Å²) in [4.78, 5) is 4.38. The summed E-state index contributed by atoms with van der Waals surface area (Å²) in [6, 6.07) is 15.4. The van der Waals surface area contributed by atoms with Gasteiger partial charge in [0, 0.05) is 0 Å². The van der Waals surface area contributed by atoms with Crippen LogP contribution in [0.3, 0.4) is 0 Å². The van der Waals surface area contributed by atoms with E-state index >= 15 is 0 Å². The Bertz CT molecular complexity index is 813. The molecule has 0 fully saturated rings. The van der Waals surface area contributed by atoms with E-state index in [0.29, 0.717) is 10.7 Å². The van der Waals surface area contributed by atoms with Crippen LogP contribution in [-0.2, 0) is 0 Å². The van der Waals surface area contributed by atoms with Crippen LogP contribution in [0.15, 0.2) is 53.6 Å². The molecule has 0 spiro atoms. The van der Waals surface area contributed by atoms with Gasteiger partial charge < -0.3 is 0 Å². The number of fused-ring (bicyclic) bond motifs is 1. The molecule has 0 amide bonds. The number of nitriles is 1. The maximum atomic E-state index is 12.8. The van der Waals surface area contributed by atoms with E-state index in [1.54, 1.807) is 12.1 Å². The zero-order valence-electron chi connectivity index (χ0n) is 10.7. The maximum absolute atomic E-state index is 12.8. The first-order valence-electron chi connectivity index (χ1n) is 6.11. The summed E-state index contributed by atoms with van der Waals surface area (Å²) in [7, 11) is 0. The third-order valence-corrected chi connectivity index (χ3v) is 3.79. The van der Waals surface area contributed by atoms with Gasteiger partial charge in [-0.1, -0.05) is 12.1 Å². The number of para-hydroxylation sites is 1. The fraction of sp³-hybridized carbons (Fsp3) is 0. The molecular weight excluding hydrogens is 287 g/mol. The molecule has 21 heavy (non-hydrogen) atoms. The summed E-state index contributed by atoms with van der Waals surface area (Å²) in [5, 5.41) is 13.8. The van der Waals surface area contributed by atoms with E-state index in [-0.39, 0.29) is 11.5 Å². The van der Waals surface area contributed by atoms with Crippen molar-refractivity contribution in [2.75, 3.05) is 5.43 Å². The third-order valence-electron chi connectivity index (χ3n) is 2.74. The van der Waals surface area contributed by atoms with Crippen molar-refractivity contribution in [1.29, 1.82) is 5.26 Å². The van der Waals surface area contributed by atoms with Gasteiger partial charge in [0.2, 0.25) is 0 Å². The predicted molar refractivity (Wildman–Crippen MR) is 81.8 cm³/mol. The van der Waals surface area contributed by atoms with Crippen LogP contribution in [0, 0.1) is 17.1 Å². The molecule has 6 heteroatoms. The van der Waals surface area contributed by atoms with Gasteiger partial charge in [-0.05, 0) is 36.4 Å². The van der Waals surface area contributed by atoms with Gasteiger partial charge >= 0.3 is 0 Å². The number of anilines is 1. The van der Waals surface area contributed by atoms with Crippen molar-refractivity contribution in [3.63, 3.8) is 0 Å². The van der Waals surface area contributed by atoms with Crippen LogP contribution in [-0.4, -0.2) is 10.7 Å². The highest BCUT2D eigenvalue weighted by molar-refractivity contribution is 7.20. The summed E-state index contributed by atoms with van der Waals surface area (Å²) in [6.07, 6.45) is 0. The number of thiazole rings is 1. The van der Waals surface area contributed by atoms with E-state index in [1.165, 1.54) is 23.5 Å². The summed E-state index contributed by atoms with van der Waals surface area (Å²) in [5.41, 5.74) is 4.36. The number of halogens is 1. The Kier molecular flexibility index (Phi) is 3.58. The molecule has 0 saturated heterocycles. The van der Waals surface area contributed by atoms with E-state index in [9.17, 15) is 9.65 Å². The molecule has 0 radical (unpaired) electrons. The first kappa shape index (κ1) is 13.2. The Morgan fingerprint density at radius 1 is 1.19 bits per heavy atom. The molecule has 0 aliphatic rings. The summed E-state index contributed by atoms with van der Waals surface area (Å²) in [6.45, 7) is 0. The fourth-order valence-corrected chi connectivity index (χ4v) is 2.64. The van der Waals surface area contributed by atoms with Crippen LogP contribution in [0.4, 0.5) is 10.1 Å². The zero-order chi connectivity index (χ0) is 14.7. The van der Waals surface area contributed by atoms with Crippen LogP contribution in [0.5, 0.6) is 0 Å². The molecule has 1 heterocycles. The lowest BCUT2D eigenvalue weighted by atomic mass is 10.3. The molecule has 0 saturated carbocycles. The molecule has 0 unspecified atom stereocenters. The number of nitrogens with one attached hydrogen (secondary N) is 1. The Morgan fingerprint density at radius 2 is 1.95 bits per heavy atom. The van der Waals surface area contributed by atoms with Gasteiger partial charge in [-0.2, -0.15) is 10.4 Å². The van der Waals surface area contributed by atoms with Gasteiger partial charge in [-0.25, -0.2) is 9.37 Å². The predicted octanol–water partition coefficient (Wildman–Crippen LogP) is 3.78. The van der Waals surface area contributed by atoms with Crippen molar-refractivity contribution in [2.24, 2.45) is 5.10 Å². The number of rotatable bonds is 3. The lowest BCUT2D eigenvalue weighted by Crippen LogP contribution is -2.01. The second kappa shape index (κ2) is 5.69. The average molecular weight is 296 g/mol. The highest BCUT2D eigenvalue weighted by atomic mass is 32.1. The Hall–Kier alpha value is -2.78. The number of hydrogen-bond donors (Lipinski definition) is 1. The van der Waals surface area contributed by atoms with E-state index in [0.717, 1.165) is 10.2 Å². The quantitative estimate of drug-likeness (QED) is 0.591. The first-order chi connectivity index (χ1) is 10.3. The Morgan fingerprint density at radius 3 is 2.67 bits per heavy atom. The minimum atomic E-state index is -0.323. The zero-order valence-corrected chi connectivity index (χ0v) is 11.6. The van der Waals surface area contributed by atoms with Crippen molar-refractivity contribution in [3.8, 4) is 6.07 Å². The van der Waals surface area contributed by atoms with Gasteiger partial charge in [0.25, 0.3) is 0 Å². The topological polar surface area (TPSA) is 61.1 Å². The van der Waals surface area contributed by atoms with Crippen molar-refractivity contribution in [1.82, 2.24) is 4.98 Å². The summed E-state index contributed by atoms with van der Waals surface area (Å²) >= 11 is 1.40. The molecule has 0 atom stereocenters. The normalized spacial score (nSPS) is 11.3. The summed E-state index contributed by atoms with van der Waals surface area (Å²) in [5.74, 6) is -0.323. The molecule has 102 valence electrons. The number of nitrogens with zero attached hydrogens (tertiary/aromatic N) is 3. The molecule has 3 aromatic rings. The first-order valence-corrected chi connectivity index (χ1v) is 6.93. The highest BCUT2D eigenvalue weighted by Crippen LogP contribution is 2.22. The number of benzene rings is 2. The molecule has 2 aromatic carbocycles. The van der Waals surface area contributed by atoms with Crippen molar-refractivity contribution < 1.29 is 4.39 Å². The molecule has 1 N–H and O–H groups in total.